The summed E-state index contributed by atoms with van der Waals surface area (Å²) < 4.78 is 15.6. The van der Waals surface area contributed by atoms with Gasteiger partial charge in [0.1, 0.15) is 5.82 Å². The van der Waals surface area contributed by atoms with E-state index in [1.807, 2.05) is 53.2 Å². The first-order valence-corrected chi connectivity index (χ1v) is 7.42. The molecule has 0 aliphatic rings. The number of hydrogen-bond donors (Lipinski definition) is 0. The molecule has 2 aromatic heterocycles. The van der Waals surface area contributed by atoms with Crippen LogP contribution < -0.4 is 0 Å². The SMILES string of the molecule is CCc1cnn2c(-c3ccccc3)cc3cc(F)ccc3c12. The van der Waals surface area contributed by atoms with Gasteiger partial charge in [-0.25, -0.2) is 8.91 Å². The molecular weight excluding hydrogens is 275 g/mol. The van der Waals surface area contributed by atoms with Crippen LogP contribution in [0.4, 0.5) is 4.39 Å². The second kappa shape index (κ2) is 4.95. The van der Waals surface area contributed by atoms with Crippen molar-refractivity contribution in [2.75, 3.05) is 0 Å². The van der Waals surface area contributed by atoms with E-state index >= 15 is 0 Å². The third-order valence-electron chi connectivity index (χ3n) is 4.08. The van der Waals surface area contributed by atoms with Crippen molar-refractivity contribution in [3.05, 3.63) is 72.2 Å². The van der Waals surface area contributed by atoms with Gasteiger partial charge >= 0.3 is 0 Å². The van der Waals surface area contributed by atoms with Gasteiger partial charge in [-0.15, -0.1) is 0 Å². The minimum absolute atomic E-state index is 0.214. The molecule has 3 heteroatoms. The van der Waals surface area contributed by atoms with Crippen molar-refractivity contribution in [2.45, 2.75) is 13.3 Å². The van der Waals surface area contributed by atoms with E-state index in [0.717, 1.165) is 34.0 Å². The second-order valence-electron chi connectivity index (χ2n) is 5.41. The number of fused-ring (bicyclic) bond motifs is 3. The highest BCUT2D eigenvalue weighted by molar-refractivity contribution is 5.99. The molecule has 0 aliphatic carbocycles. The van der Waals surface area contributed by atoms with E-state index in [4.69, 9.17) is 0 Å². The largest absolute Gasteiger partial charge is 0.232 e. The van der Waals surface area contributed by atoms with Gasteiger partial charge in [-0.3, -0.25) is 0 Å². The fraction of sp³-hybridized carbons (Fsp3) is 0.105. The maximum atomic E-state index is 13.7. The third kappa shape index (κ3) is 1.90. The van der Waals surface area contributed by atoms with Gasteiger partial charge in [0, 0.05) is 10.9 Å². The van der Waals surface area contributed by atoms with Gasteiger partial charge in [0.25, 0.3) is 0 Å². The van der Waals surface area contributed by atoms with E-state index < -0.39 is 0 Å². The van der Waals surface area contributed by atoms with Crippen molar-refractivity contribution < 1.29 is 4.39 Å². The lowest BCUT2D eigenvalue weighted by atomic mass is 10.0. The van der Waals surface area contributed by atoms with Crippen LogP contribution in [0.2, 0.25) is 0 Å². The molecule has 0 radical (unpaired) electrons. The van der Waals surface area contributed by atoms with E-state index in [0.29, 0.717) is 0 Å². The Labute approximate surface area is 127 Å². The van der Waals surface area contributed by atoms with E-state index in [1.165, 1.54) is 11.6 Å². The van der Waals surface area contributed by atoms with Gasteiger partial charge in [-0.05, 0) is 41.6 Å². The standard InChI is InChI=1S/C19H15FN2/c1-2-13-12-21-22-18(14-6-4-3-5-7-14)11-15-10-16(20)8-9-17(15)19(13)22/h3-12H,2H2,1H3. The van der Waals surface area contributed by atoms with Crippen molar-refractivity contribution in [3.63, 3.8) is 0 Å². The summed E-state index contributed by atoms with van der Waals surface area (Å²) in [4.78, 5) is 0. The quantitative estimate of drug-likeness (QED) is 0.515. The molecule has 2 heterocycles. The third-order valence-corrected chi connectivity index (χ3v) is 4.08. The Morgan fingerprint density at radius 3 is 2.64 bits per heavy atom. The number of pyridine rings is 1. The molecule has 0 atom stereocenters. The molecule has 108 valence electrons. The second-order valence-corrected chi connectivity index (χ2v) is 5.41. The number of aryl methyl sites for hydroxylation is 1. The lowest BCUT2D eigenvalue weighted by Crippen LogP contribution is -1.96. The summed E-state index contributed by atoms with van der Waals surface area (Å²) in [7, 11) is 0. The highest BCUT2D eigenvalue weighted by Gasteiger charge is 2.13. The predicted octanol–water partition coefficient (Wildman–Crippen LogP) is 4.86. The molecule has 0 unspecified atom stereocenters. The van der Waals surface area contributed by atoms with Crippen LogP contribution in [0.3, 0.4) is 0 Å². The molecule has 4 rings (SSSR count). The molecule has 2 aromatic carbocycles. The Kier molecular flexibility index (Phi) is 2.93. The minimum Gasteiger partial charge on any atom is -0.232 e. The summed E-state index contributed by atoms with van der Waals surface area (Å²) in [6.45, 7) is 2.11. The molecule has 0 amide bonds. The molecular formula is C19H15FN2. The summed E-state index contributed by atoms with van der Waals surface area (Å²) in [5.41, 5.74) is 4.30. The van der Waals surface area contributed by atoms with Gasteiger partial charge in [-0.2, -0.15) is 5.10 Å². The van der Waals surface area contributed by atoms with Gasteiger partial charge < -0.3 is 0 Å². The van der Waals surface area contributed by atoms with Crippen LogP contribution in [-0.4, -0.2) is 9.61 Å². The first-order valence-electron chi connectivity index (χ1n) is 7.42. The number of halogens is 1. The van der Waals surface area contributed by atoms with Crippen LogP contribution in [0.25, 0.3) is 27.5 Å². The number of rotatable bonds is 2. The van der Waals surface area contributed by atoms with E-state index in [-0.39, 0.29) is 5.82 Å². The fourth-order valence-electron chi connectivity index (χ4n) is 3.00. The van der Waals surface area contributed by atoms with Crippen LogP contribution in [-0.2, 0) is 6.42 Å². The van der Waals surface area contributed by atoms with E-state index in [2.05, 4.69) is 12.0 Å². The maximum absolute atomic E-state index is 13.7. The van der Waals surface area contributed by atoms with Crippen molar-refractivity contribution in [1.29, 1.82) is 0 Å². The highest BCUT2D eigenvalue weighted by Crippen LogP contribution is 2.30. The smallest absolute Gasteiger partial charge is 0.123 e. The number of benzene rings is 2. The zero-order valence-corrected chi connectivity index (χ0v) is 12.3. The zero-order chi connectivity index (χ0) is 15.1. The molecule has 22 heavy (non-hydrogen) atoms. The molecule has 0 saturated heterocycles. The Balaban J connectivity index is 2.18. The van der Waals surface area contributed by atoms with Gasteiger partial charge in [0.2, 0.25) is 0 Å². The summed E-state index contributed by atoms with van der Waals surface area (Å²) in [5.74, 6) is -0.214. The highest BCUT2D eigenvalue weighted by atomic mass is 19.1. The predicted molar refractivity (Wildman–Crippen MR) is 87.5 cm³/mol. The summed E-state index contributed by atoms with van der Waals surface area (Å²) in [5, 5.41) is 6.50. The normalized spacial score (nSPS) is 11.4. The van der Waals surface area contributed by atoms with Gasteiger partial charge in [0.05, 0.1) is 17.4 Å². The van der Waals surface area contributed by atoms with Crippen molar-refractivity contribution in [2.24, 2.45) is 0 Å². The number of nitrogens with zero attached hydrogens (tertiary/aromatic N) is 2. The first-order chi connectivity index (χ1) is 10.8. The molecule has 0 saturated carbocycles. The fourth-order valence-corrected chi connectivity index (χ4v) is 3.00. The average molecular weight is 290 g/mol. The maximum Gasteiger partial charge on any atom is 0.123 e. The molecule has 0 bridgehead atoms. The molecule has 0 spiro atoms. The molecule has 0 fully saturated rings. The Morgan fingerprint density at radius 2 is 1.86 bits per heavy atom. The first kappa shape index (κ1) is 13.0. The van der Waals surface area contributed by atoms with Gasteiger partial charge in [0.15, 0.2) is 0 Å². The van der Waals surface area contributed by atoms with Crippen LogP contribution in [0.15, 0.2) is 60.8 Å². The lowest BCUT2D eigenvalue weighted by Gasteiger charge is -2.10. The summed E-state index contributed by atoms with van der Waals surface area (Å²) in [6.07, 6.45) is 2.80. The molecule has 0 aliphatic heterocycles. The lowest BCUT2D eigenvalue weighted by molar-refractivity contribution is 0.630. The van der Waals surface area contributed by atoms with E-state index in [9.17, 15) is 4.39 Å². The Morgan fingerprint density at radius 1 is 1.05 bits per heavy atom. The van der Waals surface area contributed by atoms with Crippen LogP contribution in [0.1, 0.15) is 12.5 Å². The average Bonchev–Trinajstić information content (AvgIpc) is 2.99. The Hall–Kier alpha value is -2.68. The monoisotopic (exact) mass is 290 g/mol. The van der Waals surface area contributed by atoms with Crippen LogP contribution in [0, 0.1) is 5.82 Å². The minimum atomic E-state index is -0.214. The van der Waals surface area contributed by atoms with Crippen LogP contribution in [0.5, 0.6) is 0 Å². The number of aromatic nitrogens is 2. The van der Waals surface area contributed by atoms with Crippen LogP contribution >= 0.6 is 0 Å². The topological polar surface area (TPSA) is 17.3 Å². The summed E-state index contributed by atoms with van der Waals surface area (Å²) >= 11 is 0. The summed E-state index contributed by atoms with van der Waals surface area (Å²) in [6, 6.07) is 17.0. The molecule has 4 aromatic rings. The van der Waals surface area contributed by atoms with Crippen molar-refractivity contribution >= 4 is 16.3 Å². The Bertz CT molecular complexity index is 971. The number of hydrogen-bond acceptors (Lipinski definition) is 1. The van der Waals surface area contributed by atoms with Crippen molar-refractivity contribution in [3.8, 4) is 11.3 Å². The molecule has 2 nitrogen and oxygen atoms in total. The van der Waals surface area contributed by atoms with Gasteiger partial charge in [-0.1, -0.05) is 37.3 Å². The van der Waals surface area contributed by atoms with E-state index in [1.54, 1.807) is 6.07 Å². The zero-order valence-electron chi connectivity index (χ0n) is 12.3. The van der Waals surface area contributed by atoms with Crippen molar-refractivity contribution in [1.82, 2.24) is 9.61 Å². The molecule has 0 N–H and O–H groups in total.